The molecule has 1 heterocycles. The number of benzene rings is 1. The van der Waals surface area contributed by atoms with E-state index in [-0.39, 0.29) is 6.61 Å². The van der Waals surface area contributed by atoms with Crippen LogP contribution in [0.2, 0.25) is 0 Å². The van der Waals surface area contributed by atoms with Crippen molar-refractivity contribution in [2.24, 2.45) is 0 Å². The largest absolute Gasteiger partial charge is 0.492 e. The van der Waals surface area contributed by atoms with Gasteiger partial charge in [-0.15, -0.1) is 11.3 Å². The van der Waals surface area contributed by atoms with Crippen LogP contribution in [0, 0.1) is 11.8 Å². The van der Waals surface area contributed by atoms with Gasteiger partial charge in [-0.05, 0) is 49.9 Å². The first kappa shape index (κ1) is 21.3. The van der Waals surface area contributed by atoms with Gasteiger partial charge in [0.15, 0.2) is 0 Å². The maximum Gasteiger partial charge on any atom is 0.426 e. The zero-order valence-corrected chi connectivity index (χ0v) is 16.7. The molecule has 7 nitrogen and oxygen atoms in total. The summed E-state index contributed by atoms with van der Waals surface area (Å²) in [6, 6.07) is 8.75. The van der Waals surface area contributed by atoms with Crippen molar-refractivity contribution >= 4 is 23.3 Å². The summed E-state index contributed by atoms with van der Waals surface area (Å²) in [6.07, 6.45) is -0.784. The lowest BCUT2D eigenvalue weighted by Crippen LogP contribution is -2.41. The summed E-state index contributed by atoms with van der Waals surface area (Å²) in [7, 11) is 0. The molecule has 8 heteroatoms. The number of ether oxygens (including phenoxy) is 2. The molecular formula is C20H22N2O5S. The van der Waals surface area contributed by atoms with E-state index in [2.05, 4.69) is 22.7 Å². The molecule has 0 aliphatic heterocycles. The van der Waals surface area contributed by atoms with Crippen molar-refractivity contribution in [3.8, 4) is 17.6 Å². The van der Waals surface area contributed by atoms with Gasteiger partial charge in [0.05, 0.1) is 6.61 Å². The molecule has 0 unspecified atom stereocenters. The highest BCUT2D eigenvalue weighted by molar-refractivity contribution is 7.12. The number of hydrogen-bond donors (Lipinski definition) is 3. The van der Waals surface area contributed by atoms with Gasteiger partial charge in [-0.2, -0.15) is 0 Å². The molecule has 0 spiro atoms. The lowest BCUT2D eigenvalue weighted by atomic mass is 10.1. The van der Waals surface area contributed by atoms with Crippen LogP contribution in [0.4, 0.5) is 4.79 Å². The Hall–Kier alpha value is -3.02. The number of thiophene rings is 1. The summed E-state index contributed by atoms with van der Waals surface area (Å²) in [5.74, 6) is 5.56. The van der Waals surface area contributed by atoms with Crippen LogP contribution in [-0.4, -0.2) is 29.3 Å². The Morgan fingerprint density at radius 2 is 1.89 bits per heavy atom. The van der Waals surface area contributed by atoms with Crippen LogP contribution in [0.3, 0.4) is 0 Å². The fourth-order valence-electron chi connectivity index (χ4n) is 1.99. The van der Waals surface area contributed by atoms with Crippen molar-refractivity contribution < 1.29 is 24.2 Å². The quantitative estimate of drug-likeness (QED) is 0.528. The van der Waals surface area contributed by atoms with Crippen LogP contribution in [0.5, 0.6) is 5.75 Å². The van der Waals surface area contributed by atoms with Gasteiger partial charge in [-0.3, -0.25) is 10.2 Å². The van der Waals surface area contributed by atoms with Gasteiger partial charge in [-0.1, -0.05) is 24.0 Å². The first-order chi connectivity index (χ1) is 13.3. The van der Waals surface area contributed by atoms with Crippen LogP contribution in [0.25, 0.3) is 0 Å². The van der Waals surface area contributed by atoms with Gasteiger partial charge in [-0.25, -0.2) is 10.2 Å². The summed E-state index contributed by atoms with van der Waals surface area (Å²) in [5, 5.41) is 11.3. The van der Waals surface area contributed by atoms with Crippen LogP contribution in [-0.2, 0) is 11.3 Å². The molecule has 0 fully saturated rings. The second kappa shape index (κ2) is 9.78. The first-order valence-corrected chi connectivity index (χ1v) is 9.44. The minimum Gasteiger partial charge on any atom is -0.492 e. The fraction of sp³-hybridized carbons (Fsp3) is 0.300. The third kappa shape index (κ3) is 6.95. The third-order valence-electron chi connectivity index (χ3n) is 3.25. The van der Waals surface area contributed by atoms with E-state index < -0.39 is 17.6 Å². The summed E-state index contributed by atoms with van der Waals surface area (Å²) < 4.78 is 10.4. The van der Waals surface area contributed by atoms with Gasteiger partial charge >= 0.3 is 6.09 Å². The Kier molecular flexibility index (Phi) is 7.44. The topological polar surface area (TPSA) is 96.9 Å². The zero-order chi connectivity index (χ0) is 20.6. The first-order valence-electron chi connectivity index (χ1n) is 8.56. The molecule has 0 aliphatic rings. The van der Waals surface area contributed by atoms with E-state index in [1.54, 1.807) is 49.6 Å². The molecule has 0 radical (unpaired) electrons. The summed E-state index contributed by atoms with van der Waals surface area (Å²) in [5.41, 5.74) is 4.92. The molecule has 0 saturated heterocycles. The van der Waals surface area contributed by atoms with Crippen molar-refractivity contribution in [1.82, 2.24) is 10.9 Å². The highest BCUT2D eigenvalue weighted by Gasteiger charge is 2.15. The number of hydrazine groups is 1. The minimum atomic E-state index is -1.06. The van der Waals surface area contributed by atoms with Gasteiger partial charge in [0.2, 0.25) is 0 Å². The average molecular weight is 402 g/mol. The van der Waals surface area contributed by atoms with Crippen molar-refractivity contribution in [1.29, 1.82) is 0 Å². The second-order valence-electron chi connectivity index (χ2n) is 6.21. The highest BCUT2D eigenvalue weighted by atomic mass is 32.1. The van der Waals surface area contributed by atoms with Gasteiger partial charge < -0.3 is 14.6 Å². The number of nitrogens with one attached hydrogen (secondary N) is 2. The zero-order valence-electron chi connectivity index (χ0n) is 15.9. The van der Waals surface area contributed by atoms with Crippen molar-refractivity contribution in [3.63, 3.8) is 0 Å². The summed E-state index contributed by atoms with van der Waals surface area (Å²) >= 11 is 1.21. The predicted molar refractivity (Wildman–Crippen MR) is 106 cm³/mol. The van der Waals surface area contributed by atoms with E-state index >= 15 is 0 Å². The Morgan fingerprint density at radius 1 is 1.18 bits per heavy atom. The van der Waals surface area contributed by atoms with E-state index in [0.29, 0.717) is 17.2 Å². The van der Waals surface area contributed by atoms with Crippen LogP contribution in [0.15, 0.2) is 35.7 Å². The number of carbonyl (C=O) groups excluding carboxylic acids is 2. The monoisotopic (exact) mass is 402 g/mol. The maximum absolute atomic E-state index is 12.1. The number of rotatable bonds is 5. The van der Waals surface area contributed by atoms with Gasteiger partial charge in [0.25, 0.3) is 5.91 Å². The van der Waals surface area contributed by atoms with Crippen LogP contribution >= 0.6 is 11.3 Å². The molecule has 0 saturated carbocycles. The SMILES string of the molecule is CCOc1ccsc1C(=O)NNC(=O)OCc1ccc(C#CC(C)(C)O)cc1. The molecule has 0 atom stereocenters. The highest BCUT2D eigenvalue weighted by Crippen LogP contribution is 2.24. The molecule has 2 amide bonds. The number of carbonyl (C=O) groups is 2. The Morgan fingerprint density at radius 3 is 2.54 bits per heavy atom. The Balaban J connectivity index is 1.80. The molecule has 1 aromatic heterocycles. The molecule has 1 aromatic carbocycles. The molecule has 2 aromatic rings. The van der Waals surface area contributed by atoms with Crippen molar-refractivity contribution in [3.05, 3.63) is 51.7 Å². The van der Waals surface area contributed by atoms with Gasteiger partial charge in [0, 0.05) is 5.56 Å². The molecular weight excluding hydrogens is 380 g/mol. The van der Waals surface area contributed by atoms with E-state index in [9.17, 15) is 14.7 Å². The standard InChI is InChI=1S/C20H22N2O5S/c1-4-26-16-10-12-28-17(16)18(23)21-22-19(24)27-13-15-7-5-14(6-8-15)9-11-20(2,3)25/h5-8,10,12,25H,4,13H2,1-3H3,(H,21,23)(H,22,24). The molecule has 2 rings (SSSR count). The molecule has 0 bridgehead atoms. The summed E-state index contributed by atoms with van der Waals surface area (Å²) in [4.78, 5) is 24.2. The summed E-state index contributed by atoms with van der Waals surface area (Å²) in [6.45, 7) is 5.51. The van der Waals surface area contributed by atoms with Crippen LogP contribution in [0.1, 0.15) is 41.6 Å². The number of hydrogen-bond acceptors (Lipinski definition) is 6. The van der Waals surface area contributed by atoms with E-state index in [1.165, 1.54) is 11.3 Å². The molecule has 3 N–H and O–H groups in total. The maximum atomic E-state index is 12.1. The van der Waals surface area contributed by atoms with E-state index in [1.807, 2.05) is 6.92 Å². The number of aliphatic hydroxyl groups is 1. The molecule has 28 heavy (non-hydrogen) atoms. The lowest BCUT2D eigenvalue weighted by molar-refractivity contribution is 0.0905. The van der Waals surface area contributed by atoms with Gasteiger partial charge in [0.1, 0.15) is 22.8 Å². The van der Waals surface area contributed by atoms with E-state index in [4.69, 9.17) is 9.47 Å². The lowest BCUT2D eigenvalue weighted by Gasteiger charge is -2.09. The smallest absolute Gasteiger partial charge is 0.426 e. The number of amides is 2. The van der Waals surface area contributed by atoms with E-state index in [0.717, 1.165) is 11.1 Å². The third-order valence-corrected chi connectivity index (χ3v) is 4.14. The normalized spacial score (nSPS) is 10.4. The van der Waals surface area contributed by atoms with Crippen LogP contribution < -0.4 is 15.6 Å². The Labute approximate surface area is 167 Å². The Bertz CT molecular complexity index is 872. The average Bonchev–Trinajstić information content (AvgIpc) is 3.11. The fourth-order valence-corrected chi connectivity index (χ4v) is 2.72. The molecule has 0 aliphatic carbocycles. The molecule has 148 valence electrons. The minimum absolute atomic E-state index is 0.0318. The van der Waals surface area contributed by atoms with Crippen molar-refractivity contribution in [2.75, 3.05) is 6.61 Å². The second-order valence-corrected chi connectivity index (χ2v) is 7.12. The predicted octanol–water partition coefficient (Wildman–Crippen LogP) is 2.84. The van der Waals surface area contributed by atoms with Crippen molar-refractivity contribution in [2.45, 2.75) is 33.0 Å².